The summed E-state index contributed by atoms with van der Waals surface area (Å²) in [6, 6.07) is 7.88. The van der Waals surface area contributed by atoms with Crippen molar-refractivity contribution in [2.75, 3.05) is 7.11 Å². The van der Waals surface area contributed by atoms with Crippen molar-refractivity contribution in [3.8, 4) is 5.75 Å². The Labute approximate surface area is 152 Å². The van der Waals surface area contributed by atoms with Gasteiger partial charge >= 0.3 is 6.18 Å². The van der Waals surface area contributed by atoms with Gasteiger partial charge in [0, 0.05) is 6.07 Å². The molecule has 0 amide bonds. The predicted molar refractivity (Wildman–Crippen MR) is 87.9 cm³/mol. The average Bonchev–Trinajstić information content (AvgIpc) is 2.58. The minimum Gasteiger partial charge on any atom is -0.496 e. The van der Waals surface area contributed by atoms with E-state index in [-0.39, 0.29) is 0 Å². The number of nitro groups is 1. The van der Waals surface area contributed by atoms with Crippen molar-refractivity contribution in [1.29, 1.82) is 0 Å². The van der Waals surface area contributed by atoms with E-state index in [1.54, 1.807) is 6.92 Å². The van der Waals surface area contributed by atoms with Gasteiger partial charge in [0.2, 0.25) is 6.10 Å². The summed E-state index contributed by atoms with van der Waals surface area (Å²) >= 11 is 0. The molecule has 27 heavy (non-hydrogen) atoms. The van der Waals surface area contributed by atoms with E-state index in [1.807, 2.05) is 0 Å². The quantitative estimate of drug-likeness (QED) is 0.411. The summed E-state index contributed by atoms with van der Waals surface area (Å²) in [6.07, 6.45) is -8.39. The maximum atomic E-state index is 13.6. The second-order valence-corrected chi connectivity index (χ2v) is 7.01. The van der Waals surface area contributed by atoms with Crippen molar-refractivity contribution in [2.24, 2.45) is 0 Å². The van der Waals surface area contributed by atoms with Crippen LogP contribution in [-0.2, 0) is 14.3 Å². The zero-order chi connectivity index (χ0) is 20.4. The molecule has 0 spiro atoms. The lowest BCUT2D eigenvalue weighted by Gasteiger charge is -2.22. The van der Waals surface area contributed by atoms with Crippen LogP contribution in [0.4, 0.5) is 18.9 Å². The van der Waals surface area contributed by atoms with E-state index in [1.165, 1.54) is 12.1 Å². The molecule has 0 aliphatic rings. The van der Waals surface area contributed by atoms with Crippen molar-refractivity contribution in [3.05, 3.63) is 63.7 Å². The number of nitro benzene ring substituents is 1. The van der Waals surface area contributed by atoms with Crippen LogP contribution in [0.1, 0.15) is 17.2 Å². The molecule has 7 nitrogen and oxygen atoms in total. The molecule has 11 heteroatoms. The fourth-order valence-electron chi connectivity index (χ4n) is 2.29. The number of ether oxygens (including phenoxy) is 1. The monoisotopic (exact) mass is 405 g/mol. The molecule has 1 atom stereocenters. The van der Waals surface area contributed by atoms with Crippen LogP contribution in [0.3, 0.4) is 0 Å². The van der Waals surface area contributed by atoms with Gasteiger partial charge in [-0.25, -0.2) is 4.18 Å². The van der Waals surface area contributed by atoms with E-state index in [9.17, 15) is 31.7 Å². The topological polar surface area (TPSA) is 95.7 Å². The molecule has 0 saturated heterocycles. The zero-order valence-corrected chi connectivity index (χ0v) is 14.9. The van der Waals surface area contributed by atoms with Gasteiger partial charge in [0.1, 0.15) is 11.3 Å². The molecule has 0 radical (unpaired) electrons. The predicted octanol–water partition coefficient (Wildman–Crippen LogP) is 3.92. The second kappa shape index (κ2) is 7.53. The molecule has 2 aromatic carbocycles. The average molecular weight is 405 g/mol. The van der Waals surface area contributed by atoms with E-state index >= 15 is 0 Å². The molecule has 0 aliphatic carbocycles. The minimum atomic E-state index is -5.27. The Balaban J connectivity index is 2.62. The molecule has 0 N–H and O–H groups in total. The number of nitrogens with zero attached hydrogens (tertiary/aromatic N) is 1. The van der Waals surface area contributed by atoms with Crippen LogP contribution >= 0.6 is 0 Å². The Morgan fingerprint density at radius 3 is 2.19 bits per heavy atom. The van der Waals surface area contributed by atoms with Gasteiger partial charge in [0.05, 0.1) is 16.9 Å². The fourth-order valence-corrected chi connectivity index (χ4v) is 3.33. The molecule has 0 bridgehead atoms. The Hall–Kier alpha value is -2.66. The van der Waals surface area contributed by atoms with Gasteiger partial charge in [-0.1, -0.05) is 23.8 Å². The van der Waals surface area contributed by atoms with Crippen molar-refractivity contribution < 1.29 is 35.4 Å². The summed E-state index contributed by atoms with van der Waals surface area (Å²) in [5, 5.41) is 11.2. The SMILES string of the molecule is COc1cccc([N+](=O)[O-])c1C(OS(=O)(=O)c1ccc(C)cc1)C(F)(F)F. The summed E-state index contributed by atoms with van der Waals surface area (Å²) in [5.74, 6) is -0.523. The molecular weight excluding hydrogens is 391 g/mol. The summed E-state index contributed by atoms with van der Waals surface area (Å²) in [5.41, 5.74) is -1.33. The first-order chi connectivity index (χ1) is 12.5. The van der Waals surface area contributed by atoms with Gasteiger partial charge in [-0.05, 0) is 25.1 Å². The number of rotatable bonds is 6. The lowest BCUT2D eigenvalue weighted by atomic mass is 10.1. The van der Waals surface area contributed by atoms with Gasteiger partial charge in [0.25, 0.3) is 15.8 Å². The number of hydrogen-bond donors (Lipinski definition) is 0. The summed E-state index contributed by atoms with van der Waals surface area (Å²) < 4.78 is 74.6. The Bertz CT molecular complexity index is 942. The second-order valence-electron chi connectivity index (χ2n) is 5.44. The van der Waals surface area contributed by atoms with E-state index in [2.05, 4.69) is 4.18 Å². The summed E-state index contributed by atoms with van der Waals surface area (Å²) in [7, 11) is -3.87. The zero-order valence-electron chi connectivity index (χ0n) is 14.1. The molecule has 1 unspecified atom stereocenters. The van der Waals surface area contributed by atoms with Crippen LogP contribution in [-0.4, -0.2) is 26.6 Å². The number of benzene rings is 2. The maximum absolute atomic E-state index is 13.6. The highest BCUT2D eigenvalue weighted by Crippen LogP contribution is 2.45. The Kier molecular flexibility index (Phi) is 5.76. The Morgan fingerprint density at radius 1 is 1.11 bits per heavy atom. The molecule has 2 rings (SSSR count). The van der Waals surface area contributed by atoms with E-state index in [4.69, 9.17) is 4.74 Å². The van der Waals surface area contributed by atoms with Crippen molar-refractivity contribution in [3.63, 3.8) is 0 Å². The van der Waals surface area contributed by atoms with Crippen LogP contribution in [0.5, 0.6) is 5.75 Å². The first-order valence-corrected chi connectivity index (χ1v) is 8.76. The van der Waals surface area contributed by atoms with Crippen molar-refractivity contribution in [1.82, 2.24) is 0 Å². The molecule has 0 aliphatic heterocycles. The minimum absolute atomic E-state index is 0.514. The van der Waals surface area contributed by atoms with Crippen LogP contribution in [0, 0.1) is 17.0 Å². The number of alkyl halides is 3. The van der Waals surface area contributed by atoms with Gasteiger partial charge in [-0.2, -0.15) is 21.6 Å². The first-order valence-electron chi connectivity index (χ1n) is 7.35. The van der Waals surface area contributed by atoms with Gasteiger partial charge < -0.3 is 4.74 Å². The van der Waals surface area contributed by atoms with E-state index in [0.29, 0.717) is 5.56 Å². The molecule has 146 valence electrons. The number of hydrogen-bond acceptors (Lipinski definition) is 6. The van der Waals surface area contributed by atoms with Gasteiger partial charge in [-0.3, -0.25) is 10.1 Å². The first kappa shape index (κ1) is 20.6. The van der Waals surface area contributed by atoms with Crippen molar-refractivity contribution >= 4 is 15.8 Å². The standard InChI is InChI=1S/C16H14F3NO6S/c1-10-6-8-11(9-7-10)27(23,24)26-15(16(17,18)19)14-12(20(21)22)4-3-5-13(14)25-2/h3-9,15H,1-2H3. The van der Waals surface area contributed by atoms with E-state index < -0.39 is 49.2 Å². The van der Waals surface area contributed by atoms with Crippen LogP contribution in [0.15, 0.2) is 47.4 Å². The smallest absolute Gasteiger partial charge is 0.420 e. The molecule has 2 aromatic rings. The lowest BCUT2D eigenvalue weighted by Crippen LogP contribution is -2.27. The summed E-state index contributed by atoms with van der Waals surface area (Å²) in [4.78, 5) is 9.59. The molecular formula is C16H14F3NO6S. The largest absolute Gasteiger partial charge is 0.496 e. The van der Waals surface area contributed by atoms with Crippen LogP contribution in [0.2, 0.25) is 0 Å². The van der Waals surface area contributed by atoms with Gasteiger partial charge in [-0.15, -0.1) is 0 Å². The maximum Gasteiger partial charge on any atom is 0.420 e. The highest BCUT2D eigenvalue weighted by atomic mass is 32.2. The number of aryl methyl sites for hydroxylation is 1. The highest BCUT2D eigenvalue weighted by molar-refractivity contribution is 7.86. The Morgan fingerprint density at radius 2 is 1.70 bits per heavy atom. The van der Waals surface area contributed by atoms with Crippen molar-refractivity contribution in [2.45, 2.75) is 24.1 Å². The lowest BCUT2D eigenvalue weighted by molar-refractivity contribution is -0.387. The third-order valence-corrected chi connectivity index (χ3v) is 4.85. The van der Waals surface area contributed by atoms with Crippen LogP contribution in [0.25, 0.3) is 0 Å². The number of halogens is 3. The number of methoxy groups -OCH3 is 1. The molecule has 0 aromatic heterocycles. The van der Waals surface area contributed by atoms with Gasteiger partial charge in [0.15, 0.2) is 0 Å². The normalized spacial score (nSPS) is 13.2. The van der Waals surface area contributed by atoms with Crippen LogP contribution < -0.4 is 4.74 Å². The fraction of sp³-hybridized carbons (Fsp3) is 0.250. The molecule has 0 saturated carbocycles. The third kappa shape index (κ3) is 4.55. The molecule has 0 fully saturated rings. The third-order valence-electron chi connectivity index (χ3n) is 3.55. The highest BCUT2D eigenvalue weighted by Gasteiger charge is 2.49. The summed E-state index contributed by atoms with van der Waals surface area (Å²) in [6.45, 7) is 1.66. The molecule has 0 heterocycles. The van der Waals surface area contributed by atoms with E-state index in [0.717, 1.165) is 37.4 Å².